The lowest BCUT2D eigenvalue weighted by atomic mass is 10.1. The van der Waals surface area contributed by atoms with Gasteiger partial charge in [0.05, 0.1) is 26.5 Å². The number of benzene rings is 2. The van der Waals surface area contributed by atoms with Gasteiger partial charge in [-0.05, 0) is 24.6 Å². The van der Waals surface area contributed by atoms with Gasteiger partial charge in [-0.2, -0.15) is 0 Å². The Morgan fingerprint density at radius 2 is 1.64 bits per heavy atom. The summed E-state index contributed by atoms with van der Waals surface area (Å²) in [4.78, 5) is 17.1. The summed E-state index contributed by atoms with van der Waals surface area (Å²) >= 11 is 0. The van der Waals surface area contributed by atoms with Gasteiger partial charge in [-0.15, -0.1) is 0 Å². The maximum absolute atomic E-state index is 12.5. The van der Waals surface area contributed by atoms with Gasteiger partial charge in [0.25, 0.3) is 0 Å². The standard InChI is InChI=1S/C22H29N3O3/c1-17-4-6-18(7-5-17)15-24-10-12-25(13-11-24)16-22(26)23-20-9-8-19(27-2)14-21(20)28-3/h4-9,14H,10-13,15-16H2,1-3H3,(H,23,26). The zero-order valence-corrected chi connectivity index (χ0v) is 16.9. The van der Waals surface area contributed by atoms with Crippen molar-refractivity contribution in [1.29, 1.82) is 0 Å². The molecule has 1 aliphatic heterocycles. The number of carbonyl (C=O) groups excluding carboxylic acids is 1. The topological polar surface area (TPSA) is 54.0 Å². The van der Waals surface area contributed by atoms with Crippen LogP contribution in [0.4, 0.5) is 5.69 Å². The third-order valence-corrected chi connectivity index (χ3v) is 5.04. The van der Waals surface area contributed by atoms with Crippen molar-refractivity contribution in [3.05, 3.63) is 53.6 Å². The number of carbonyl (C=O) groups is 1. The second-order valence-electron chi connectivity index (χ2n) is 7.15. The Hall–Kier alpha value is -2.57. The predicted octanol–water partition coefficient (Wildman–Crippen LogP) is 2.77. The van der Waals surface area contributed by atoms with Gasteiger partial charge in [-0.3, -0.25) is 14.6 Å². The first-order valence-electron chi connectivity index (χ1n) is 9.59. The van der Waals surface area contributed by atoms with E-state index in [2.05, 4.69) is 46.3 Å². The first kappa shape index (κ1) is 20.2. The van der Waals surface area contributed by atoms with Gasteiger partial charge < -0.3 is 14.8 Å². The molecule has 2 aromatic carbocycles. The number of aryl methyl sites for hydroxylation is 1. The zero-order chi connectivity index (χ0) is 19.9. The van der Waals surface area contributed by atoms with E-state index in [9.17, 15) is 4.79 Å². The molecule has 1 amide bonds. The van der Waals surface area contributed by atoms with Gasteiger partial charge in [-0.25, -0.2) is 0 Å². The fourth-order valence-electron chi connectivity index (χ4n) is 3.35. The van der Waals surface area contributed by atoms with Crippen LogP contribution < -0.4 is 14.8 Å². The number of amides is 1. The SMILES string of the molecule is COc1ccc(NC(=O)CN2CCN(Cc3ccc(C)cc3)CC2)c(OC)c1. The van der Waals surface area contributed by atoms with Gasteiger partial charge in [0.15, 0.2) is 0 Å². The van der Waals surface area contributed by atoms with Crippen molar-refractivity contribution in [3.8, 4) is 11.5 Å². The van der Waals surface area contributed by atoms with Crippen LogP contribution in [0.2, 0.25) is 0 Å². The molecule has 1 aliphatic rings. The molecule has 1 N–H and O–H groups in total. The molecule has 2 aromatic rings. The Kier molecular flexibility index (Phi) is 6.90. The highest BCUT2D eigenvalue weighted by Crippen LogP contribution is 2.28. The summed E-state index contributed by atoms with van der Waals surface area (Å²) in [6.07, 6.45) is 0. The average molecular weight is 383 g/mol. The third-order valence-electron chi connectivity index (χ3n) is 5.04. The van der Waals surface area contributed by atoms with Crippen LogP contribution in [0.1, 0.15) is 11.1 Å². The Labute approximate surface area is 167 Å². The quantitative estimate of drug-likeness (QED) is 0.797. The molecular formula is C22H29N3O3. The first-order chi connectivity index (χ1) is 13.6. The van der Waals surface area contributed by atoms with Gasteiger partial charge in [-0.1, -0.05) is 29.8 Å². The maximum atomic E-state index is 12.5. The number of hydrogen-bond acceptors (Lipinski definition) is 5. The Morgan fingerprint density at radius 1 is 0.964 bits per heavy atom. The van der Waals surface area contributed by atoms with E-state index in [0.717, 1.165) is 32.7 Å². The Morgan fingerprint density at radius 3 is 2.29 bits per heavy atom. The normalized spacial score (nSPS) is 15.2. The molecule has 1 heterocycles. The number of methoxy groups -OCH3 is 2. The molecule has 28 heavy (non-hydrogen) atoms. The molecule has 0 unspecified atom stereocenters. The molecule has 6 nitrogen and oxygen atoms in total. The summed E-state index contributed by atoms with van der Waals surface area (Å²) in [6, 6.07) is 14.1. The molecule has 6 heteroatoms. The van der Waals surface area contributed by atoms with E-state index in [-0.39, 0.29) is 5.91 Å². The lowest BCUT2D eigenvalue weighted by Gasteiger charge is -2.34. The van der Waals surface area contributed by atoms with Crippen LogP contribution in [0.3, 0.4) is 0 Å². The summed E-state index contributed by atoms with van der Waals surface area (Å²) in [6.45, 7) is 7.16. The Balaban J connectivity index is 1.46. The van der Waals surface area contributed by atoms with Crippen LogP contribution in [-0.4, -0.2) is 62.7 Å². The second kappa shape index (κ2) is 9.57. The maximum Gasteiger partial charge on any atom is 0.238 e. The summed E-state index contributed by atoms with van der Waals surface area (Å²) in [5.41, 5.74) is 3.28. The molecular weight excluding hydrogens is 354 g/mol. The van der Waals surface area contributed by atoms with Gasteiger partial charge in [0.2, 0.25) is 5.91 Å². The smallest absolute Gasteiger partial charge is 0.238 e. The molecule has 1 saturated heterocycles. The fourth-order valence-corrected chi connectivity index (χ4v) is 3.35. The van der Waals surface area contributed by atoms with Crippen molar-refractivity contribution in [2.45, 2.75) is 13.5 Å². The molecule has 150 valence electrons. The molecule has 0 saturated carbocycles. The lowest BCUT2D eigenvalue weighted by Crippen LogP contribution is -2.48. The van der Waals surface area contributed by atoms with Crippen LogP contribution in [0, 0.1) is 6.92 Å². The van der Waals surface area contributed by atoms with Crippen molar-refractivity contribution in [2.24, 2.45) is 0 Å². The lowest BCUT2D eigenvalue weighted by molar-refractivity contribution is -0.117. The second-order valence-corrected chi connectivity index (χ2v) is 7.15. The van der Waals surface area contributed by atoms with Crippen molar-refractivity contribution >= 4 is 11.6 Å². The van der Waals surface area contributed by atoms with Gasteiger partial charge >= 0.3 is 0 Å². The van der Waals surface area contributed by atoms with E-state index >= 15 is 0 Å². The van der Waals surface area contributed by atoms with E-state index in [0.29, 0.717) is 23.7 Å². The van der Waals surface area contributed by atoms with E-state index in [4.69, 9.17) is 9.47 Å². The third kappa shape index (κ3) is 5.47. The number of ether oxygens (including phenoxy) is 2. The highest BCUT2D eigenvalue weighted by atomic mass is 16.5. The van der Waals surface area contributed by atoms with Crippen molar-refractivity contribution < 1.29 is 14.3 Å². The molecule has 1 fully saturated rings. The molecule has 0 aromatic heterocycles. The average Bonchev–Trinajstić information content (AvgIpc) is 2.71. The number of rotatable bonds is 7. The number of nitrogens with zero attached hydrogens (tertiary/aromatic N) is 2. The molecule has 0 radical (unpaired) electrons. The summed E-state index contributed by atoms with van der Waals surface area (Å²) < 4.78 is 10.5. The number of anilines is 1. The monoisotopic (exact) mass is 383 g/mol. The molecule has 0 aliphatic carbocycles. The summed E-state index contributed by atoms with van der Waals surface area (Å²) in [5, 5.41) is 2.94. The summed E-state index contributed by atoms with van der Waals surface area (Å²) in [7, 11) is 3.18. The van der Waals surface area contributed by atoms with Crippen molar-refractivity contribution in [2.75, 3.05) is 52.3 Å². The van der Waals surface area contributed by atoms with Crippen LogP contribution in [0.5, 0.6) is 11.5 Å². The molecule has 0 spiro atoms. The largest absolute Gasteiger partial charge is 0.497 e. The fraction of sp³-hybridized carbons (Fsp3) is 0.409. The number of hydrogen-bond donors (Lipinski definition) is 1. The highest BCUT2D eigenvalue weighted by molar-refractivity contribution is 5.93. The van der Waals surface area contributed by atoms with Crippen LogP contribution in [0.15, 0.2) is 42.5 Å². The minimum atomic E-state index is -0.0320. The molecule has 0 bridgehead atoms. The van der Waals surface area contributed by atoms with Crippen LogP contribution in [-0.2, 0) is 11.3 Å². The minimum absolute atomic E-state index is 0.0320. The highest BCUT2D eigenvalue weighted by Gasteiger charge is 2.19. The van der Waals surface area contributed by atoms with Crippen LogP contribution >= 0.6 is 0 Å². The van der Waals surface area contributed by atoms with E-state index < -0.39 is 0 Å². The number of piperazine rings is 1. The van der Waals surface area contributed by atoms with E-state index in [1.165, 1.54) is 11.1 Å². The van der Waals surface area contributed by atoms with Crippen molar-refractivity contribution in [3.63, 3.8) is 0 Å². The van der Waals surface area contributed by atoms with Crippen molar-refractivity contribution in [1.82, 2.24) is 9.80 Å². The molecule has 0 atom stereocenters. The van der Waals surface area contributed by atoms with E-state index in [1.54, 1.807) is 26.4 Å². The zero-order valence-electron chi connectivity index (χ0n) is 16.9. The van der Waals surface area contributed by atoms with E-state index in [1.807, 2.05) is 6.07 Å². The first-order valence-corrected chi connectivity index (χ1v) is 9.59. The van der Waals surface area contributed by atoms with Gasteiger partial charge in [0, 0.05) is 38.8 Å². The van der Waals surface area contributed by atoms with Crippen LogP contribution in [0.25, 0.3) is 0 Å². The molecule has 3 rings (SSSR count). The minimum Gasteiger partial charge on any atom is -0.497 e. The van der Waals surface area contributed by atoms with Gasteiger partial charge in [0.1, 0.15) is 11.5 Å². The predicted molar refractivity (Wildman–Crippen MR) is 111 cm³/mol. The summed E-state index contributed by atoms with van der Waals surface area (Å²) in [5.74, 6) is 1.26. The Bertz CT molecular complexity index is 784. The number of nitrogens with one attached hydrogen (secondary N) is 1.